The van der Waals surface area contributed by atoms with E-state index in [1.54, 1.807) is 6.07 Å². The lowest BCUT2D eigenvalue weighted by Crippen LogP contribution is -2.28. The Balaban J connectivity index is 2.17. The molecule has 1 aliphatic heterocycles. The summed E-state index contributed by atoms with van der Waals surface area (Å²) in [5, 5.41) is 8.22. The van der Waals surface area contributed by atoms with Crippen LogP contribution in [0, 0.1) is 11.3 Å². The van der Waals surface area contributed by atoms with Gasteiger partial charge in [0.25, 0.3) is 0 Å². The molecule has 1 rings (SSSR count). The minimum Gasteiger partial charge on any atom is -0.378 e. The van der Waals surface area contributed by atoms with Gasteiger partial charge in [0.05, 0.1) is 12.2 Å². The number of rotatable bonds is 5. The number of nitrogens with one attached hydrogen (secondary N) is 1. The van der Waals surface area contributed by atoms with Gasteiger partial charge in [-0.3, -0.25) is 0 Å². The van der Waals surface area contributed by atoms with E-state index < -0.39 is 15.8 Å². The Morgan fingerprint density at radius 3 is 2.93 bits per heavy atom. The normalized spacial score (nSPS) is 22.1. The van der Waals surface area contributed by atoms with E-state index in [4.69, 9.17) is 10.00 Å². The fraction of sp³-hybridized carbons (Fsp3) is 0.875. The van der Waals surface area contributed by atoms with Gasteiger partial charge in [0.1, 0.15) is 0 Å². The van der Waals surface area contributed by atoms with E-state index in [-0.39, 0.29) is 6.10 Å². The molecule has 0 saturated carbocycles. The van der Waals surface area contributed by atoms with Crippen molar-refractivity contribution in [2.45, 2.75) is 25.4 Å². The highest BCUT2D eigenvalue weighted by molar-refractivity contribution is 7.89. The standard InChI is InChI=1S/C8H14N2O3S/c9-4-7-14(11,12)10-5-3-8-2-1-6-13-8/h8,10H,1-3,5-7H2. The molecule has 14 heavy (non-hydrogen) atoms. The van der Waals surface area contributed by atoms with Crippen LogP contribution in [-0.2, 0) is 14.8 Å². The van der Waals surface area contributed by atoms with Crippen molar-refractivity contribution in [1.82, 2.24) is 4.72 Å². The van der Waals surface area contributed by atoms with Crippen molar-refractivity contribution in [3.63, 3.8) is 0 Å². The lowest BCUT2D eigenvalue weighted by atomic mass is 10.2. The summed E-state index contributed by atoms with van der Waals surface area (Å²) >= 11 is 0. The minimum atomic E-state index is -3.39. The monoisotopic (exact) mass is 218 g/mol. The highest BCUT2D eigenvalue weighted by Crippen LogP contribution is 2.14. The van der Waals surface area contributed by atoms with Crippen LogP contribution in [0.2, 0.25) is 0 Å². The summed E-state index contributed by atoms with van der Waals surface area (Å²) in [6, 6.07) is 1.60. The Hall–Kier alpha value is -0.640. The first kappa shape index (κ1) is 11.4. The second-order valence-corrected chi connectivity index (χ2v) is 5.04. The molecule has 0 aromatic carbocycles. The predicted molar refractivity (Wildman–Crippen MR) is 51.0 cm³/mol. The average Bonchev–Trinajstić information content (AvgIpc) is 2.56. The van der Waals surface area contributed by atoms with Crippen molar-refractivity contribution in [1.29, 1.82) is 5.26 Å². The molecule has 0 aromatic rings. The van der Waals surface area contributed by atoms with E-state index in [2.05, 4.69) is 4.72 Å². The van der Waals surface area contributed by atoms with Crippen LogP contribution < -0.4 is 4.72 Å². The third-order valence-electron chi connectivity index (χ3n) is 2.07. The SMILES string of the molecule is N#CCS(=O)(=O)NCCC1CCCO1. The van der Waals surface area contributed by atoms with E-state index in [1.165, 1.54) is 0 Å². The summed E-state index contributed by atoms with van der Waals surface area (Å²) in [4.78, 5) is 0. The summed E-state index contributed by atoms with van der Waals surface area (Å²) in [6.45, 7) is 1.13. The molecule has 0 aromatic heterocycles. The highest BCUT2D eigenvalue weighted by atomic mass is 32.2. The van der Waals surface area contributed by atoms with Gasteiger partial charge in [0, 0.05) is 13.2 Å². The highest BCUT2D eigenvalue weighted by Gasteiger charge is 2.16. The fourth-order valence-corrected chi connectivity index (χ4v) is 2.08. The Bertz CT molecular complexity index is 301. The Kier molecular flexibility index (Phi) is 4.32. The molecule has 1 aliphatic rings. The van der Waals surface area contributed by atoms with Gasteiger partial charge in [-0.2, -0.15) is 5.26 Å². The summed E-state index contributed by atoms with van der Waals surface area (Å²) in [5.74, 6) is -0.474. The van der Waals surface area contributed by atoms with Crippen LogP contribution in [0.5, 0.6) is 0 Å². The molecule has 1 saturated heterocycles. The molecule has 0 aliphatic carbocycles. The number of hydrogen-bond donors (Lipinski definition) is 1. The largest absolute Gasteiger partial charge is 0.378 e. The number of nitriles is 1. The number of hydrogen-bond acceptors (Lipinski definition) is 4. The van der Waals surface area contributed by atoms with Gasteiger partial charge in [0.2, 0.25) is 10.0 Å². The van der Waals surface area contributed by atoms with E-state index in [1.807, 2.05) is 0 Å². The second kappa shape index (κ2) is 5.29. The first-order valence-corrected chi connectivity index (χ1v) is 6.25. The maximum atomic E-state index is 11.0. The molecule has 80 valence electrons. The third kappa shape index (κ3) is 4.05. The van der Waals surface area contributed by atoms with E-state index in [0.717, 1.165) is 19.4 Å². The van der Waals surface area contributed by atoms with Crippen molar-refractivity contribution >= 4 is 10.0 Å². The van der Waals surface area contributed by atoms with Gasteiger partial charge in [-0.1, -0.05) is 0 Å². The Morgan fingerprint density at radius 1 is 1.57 bits per heavy atom. The zero-order valence-electron chi connectivity index (χ0n) is 7.90. The maximum Gasteiger partial charge on any atom is 0.225 e. The number of ether oxygens (including phenoxy) is 1. The first-order valence-electron chi connectivity index (χ1n) is 4.60. The molecule has 5 nitrogen and oxygen atoms in total. The van der Waals surface area contributed by atoms with Crippen LogP contribution in [0.25, 0.3) is 0 Å². The quantitative estimate of drug-likeness (QED) is 0.704. The topological polar surface area (TPSA) is 79.2 Å². The molecular weight excluding hydrogens is 204 g/mol. The minimum absolute atomic E-state index is 0.180. The smallest absolute Gasteiger partial charge is 0.225 e. The van der Waals surface area contributed by atoms with Gasteiger partial charge in [-0.05, 0) is 19.3 Å². The predicted octanol–water partition coefficient (Wildman–Crippen LogP) is -0.00152. The average molecular weight is 218 g/mol. The molecule has 1 atom stereocenters. The Morgan fingerprint density at radius 2 is 2.36 bits per heavy atom. The Labute approximate surface area is 84.1 Å². The van der Waals surface area contributed by atoms with Gasteiger partial charge in [-0.15, -0.1) is 0 Å². The third-order valence-corrected chi connectivity index (χ3v) is 3.22. The van der Waals surface area contributed by atoms with E-state index >= 15 is 0 Å². The molecule has 1 heterocycles. The molecule has 1 N–H and O–H groups in total. The van der Waals surface area contributed by atoms with Crippen LogP contribution >= 0.6 is 0 Å². The van der Waals surface area contributed by atoms with Crippen molar-refractivity contribution in [3.8, 4) is 6.07 Å². The van der Waals surface area contributed by atoms with Gasteiger partial charge in [0.15, 0.2) is 5.75 Å². The fourth-order valence-electron chi connectivity index (χ4n) is 1.38. The molecule has 1 unspecified atom stereocenters. The lowest BCUT2D eigenvalue weighted by Gasteiger charge is -2.08. The number of nitrogens with zero attached hydrogens (tertiary/aromatic N) is 1. The molecule has 6 heteroatoms. The zero-order valence-corrected chi connectivity index (χ0v) is 8.72. The molecule has 0 amide bonds. The molecular formula is C8H14N2O3S. The van der Waals surface area contributed by atoms with Crippen molar-refractivity contribution in [2.24, 2.45) is 0 Å². The van der Waals surface area contributed by atoms with Gasteiger partial charge < -0.3 is 4.74 Å². The maximum absolute atomic E-state index is 11.0. The summed E-state index contributed by atoms with van der Waals surface area (Å²) in [5.41, 5.74) is 0. The second-order valence-electron chi connectivity index (χ2n) is 3.24. The van der Waals surface area contributed by atoms with Crippen LogP contribution in [0.1, 0.15) is 19.3 Å². The van der Waals surface area contributed by atoms with Gasteiger partial charge in [-0.25, -0.2) is 13.1 Å². The van der Waals surface area contributed by atoms with E-state index in [0.29, 0.717) is 13.0 Å². The first-order chi connectivity index (χ1) is 6.64. The van der Waals surface area contributed by atoms with Crippen LogP contribution in [-0.4, -0.2) is 33.4 Å². The summed E-state index contributed by atoms with van der Waals surface area (Å²) in [7, 11) is -3.39. The zero-order chi connectivity index (χ0) is 10.4. The van der Waals surface area contributed by atoms with Crippen molar-refractivity contribution in [3.05, 3.63) is 0 Å². The molecule has 0 spiro atoms. The van der Waals surface area contributed by atoms with Crippen molar-refractivity contribution in [2.75, 3.05) is 18.9 Å². The number of sulfonamides is 1. The van der Waals surface area contributed by atoms with E-state index in [9.17, 15) is 8.42 Å². The van der Waals surface area contributed by atoms with Crippen LogP contribution in [0.4, 0.5) is 0 Å². The molecule has 1 fully saturated rings. The summed E-state index contributed by atoms with van der Waals surface area (Å²) < 4.78 is 29.7. The van der Waals surface area contributed by atoms with Crippen LogP contribution in [0.3, 0.4) is 0 Å². The molecule has 0 bridgehead atoms. The molecule has 0 radical (unpaired) electrons. The summed E-state index contributed by atoms with van der Waals surface area (Å²) in [6.07, 6.45) is 2.92. The lowest BCUT2D eigenvalue weighted by molar-refractivity contribution is 0.105. The van der Waals surface area contributed by atoms with Gasteiger partial charge >= 0.3 is 0 Å². The van der Waals surface area contributed by atoms with Crippen molar-refractivity contribution < 1.29 is 13.2 Å². The van der Waals surface area contributed by atoms with Crippen LogP contribution in [0.15, 0.2) is 0 Å².